The van der Waals surface area contributed by atoms with E-state index < -0.39 is 0 Å². The summed E-state index contributed by atoms with van der Waals surface area (Å²) in [5, 5.41) is 4.99. The van der Waals surface area contributed by atoms with Gasteiger partial charge in [-0.2, -0.15) is 0 Å². The summed E-state index contributed by atoms with van der Waals surface area (Å²) in [5.41, 5.74) is 1.02. The predicted molar refractivity (Wildman–Crippen MR) is 92.4 cm³/mol. The van der Waals surface area contributed by atoms with Crippen LogP contribution in [0.1, 0.15) is 16.9 Å². The van der Waals surface area contributed by atoms with Crippen molar-refractivity contribution < 1.29 is 9.59 Å². The molecule has 24 heavy (non-hydrogen) atoms. The Balaban J connectivity index is 1.68. The number of urea groups is 1. The Kier molecular flexibility index (Phi) is 5.10. The molecule has 6 nitrogen and oxygen atoms in total. The summed E-state index contributed by atoms with van der Waals surface area (Å²) >= 11 is 1.63. The molecule has 1 fully saturated rings. The normalized spacial score (nSPS) is 17.1. The maximum Gasteiger partial charge on any atom is 0.318 e. The van der Waals surface area contributed by atoms with Crippen molar-refractivity contribution in [2.45, 2.75) is 25.6 Å². The number of hydrogen-bond acceptors (Lipinski definition) is 4. The quantitative estimate of drug-likeness (QED) is 0.903. The number of carbonyl (C=O) groups excluding carboxylic acids is 2. The molecule has 0 bridgehead atoms. The number of aromatic nitrogens is 1. The number of hydrogen-bond donors (Lipinski definition) is 1. The fourth-order valence-electron chi connectivity index (χ4n) is 2.72. The Morgan fingerprint density at radius 1 is 1.38 bits per heavy atom. The Morgan fingerprint density at radius 2 is 2.17 bits per heavy atom. The number of amides is 3. The van der Waals surface area contributed by atoms with Crippen molar-refractivity contribution in [1.82, 2.24) is 20.1 Å². The summed E-state index contributed by atoms with van der Waals surface area (Å²) in [6.07, 6.45) is 3.81. The lowest BCUT2D eigenvalue weighted by Gasteiger charge is -2.24. The summed E-state index contributed by atoms with van der Waals surface area (Å²) in [6, 6.07) is 7.53. The van der Waals surface area contributed by atoms with Crippen LogP contribution in [0.15, 0.2) is 42.0 Å². The van der Waals surface area contributed by atoms with Gasteiger partial charge in [-0.3, -0.25) is 9.78 Å². The van der Waals surface area contributed by atoms with Crippen LogP contribution in [0.5, 0.6) is 0 Å². The topological polar surface area (TPSA) is 65.5 Å². The van der Waals surface area contributed by atoms with E-state index in [0.29, 0.717) is 26.1 Å². The summed E-state index contributed by atoms with van der Waals surface area (Å²) in [4.78, 5) is 32.9. The molecule has 0 aromatic carbocycles. The van der Waals surface area contributed by atoms with Crippen molar-refractivity contribution in [1.29, 1.82) is 0 Å². The first-order chi connectivity index (χ1) is 11.6. The van der Waals surface area contributed by atoms with Crippen molar-refractivity contribution in [2.75, 3.05) is 13.6 Å². The largest absolute Gasteiger partial charge is 0.344 e. The molecule has 0 aliphatic carbocycles. The molecule has 7 heteroatoms. The standard InChI is InChI=1S/C17H20N4O2S/c1-20-11-14(9-16(20)22)19-17(23)21(12-15-3-2-8-24-15)10-13-4-6-18-7-5-13/h2-8,14H,9-12H2,1H3,(H,19,23). The Morgan fingerprint density at radius 3 is 2.79 bits per heavy atom. The summed E-state index contributed by atoms with van der Waals surface area (Å²) in [6.45, 7) is 1.61. The van der Waals surface area contributed by atoms with Crippen LogP contribution in [0.2, 0.25) is 0 Å². The highest BCUT2D eigenvalue weighted by Gasteiger charge is 2.29. The molecule has 1 N–H and O–H groups in total. The smallest absolute Gasteiger partial charge is 0.318 e. The van der Waals surface area contributed by atoms with Crippen LogP contribution in [0.25, 0.3) is 0 Å². The van der Waals surface area contributed by atoms with E-state index in [2.05, 4.69) is 10.3 Å². The minimum Gasteiger partial charge on any atom is -0.344 e. The number of pyridine rings is 1. The molecule has 1 aliphatic rings. The molecule has 0 radical (unpaired) electrons. The number of likely N-dealkylation sites (tertiary alicyclic amines) is 1. The molecular weight excluding hydrogens is 324 g/mol. The molecule has 2 aromatic rings. The van der Waals surface area contributed by atoms with Crippen LogP contribution < -0.4 is 5.32 Å². The highest BCUT2D eigenvalue weighted by Crippen LogP contribution is 2.16. The zero-order chi connectivity index (χ0) is 16.9. The second-order valence-corrected chi connectivity index (χ2v) is 6.95. The molecular formula is C17H20N4O2S. The minimum absolute atomic E-state index is 0.0687. The first-order valence-electron chi connectivity index (χ1n) is 7.82. The summed E-state index contributed by atoms with van der Waals surface area (Å²) < 4.78 is 0. The van der Waals surface area contributed by atoms with Crippen LogP contribution in [-0.2, 0) is 17.9 Å². The SMILES string of the molecule is CN1CC(NC(=O)N(Cc2ccncc2)Cc2cccs2)CC1=O. The lowest BCUT2D eigenvalue weighted by atomic mass is 10.2. The van der Waals surface area contributed by atoms with Gasteiger partial charge in [0.05, 0.1) is 12.6 Å². The van der Waals surface area contributed by atoms with E-state index in [1.54, 1.807) is 40.6 Å². The van der Waals surface area contributed by atoms with E-state index in [1.807, 2.05) is 29.6 Å². The average Bonchev–Trinajstić information content (AvgIpc) is 3.18. The van der Waals surface area contributed by atoms with Crippen LogP contribution >= 0.6 is 11.3 Å². The Labute approximate surface area is 145 Å². The number of nitrogens with one attached hydrogen (secondary N) is 1. The highest BCUT2D eigenvalue weighted by atomic mass is 32.1. The van der Waals surface area contributed by atoms with Gasteiger partial charge >= 0.3 is 6.03 Å². The molecule has 3 heterocycles. The van der Waals surface area contributed by atoms with Crippen LogP contribution in [0.3, 0.4) is 0 Å². The van der Waals surface area contributed by atoms with E-state index in [0.717, 1.165) is 10.4 Å². The Bertz CT molecular complexity index is 690. The van der Waals surface area contributed by atoms with Gasteiger partial charge in [0.15, 0.2) is 0 Å². The molecule has 3 rings (SSSR count). The number of carbonyl (C=O) groups is 2. The van der Waals surface area contributed by atoms with Crippen molar-refractivity contribution in [3.05, 3.63) is 52.5 Å². The van der Waals surface area contributed by atoms with Crippen LogP contribution in [-0.4, -0.2) is 46.4 Å². The molecule has 1 saturated heterocycles. The first-order valence-corrected chi connectivity index (χ1v) is 8.70. The van der Waals surface area contributed by atoms with E-state index >= 15 is 0 Å². The average molecular weight is 344 g/mol. The van der Waals surface area contributed by atoms with E-state index in [-0.39, 0.29) is 18.0 Å². The van der Waals surface area contributed by atoms with E-state index in [9.17, 15) is 9.59 Å². The zero-order valence-corrected chi connectivity index (χ0v) is 14.3. The number of rotatable bonds is 5. The third-order valence-corrected chi connectivity index (χ3v) is 4.87. The Hall–Kier alpha value is -2.41. The van der Waals surface area contributed by atoms with E-state index in [1.165, 1.54) is 0 Å². The third kappa shape index (κ3) is 4.11. The number of nitrogens with zero attached hydrogens (tertiary/aromatic N) is 3. The predicted octanol–water partition coefficient (Wildman–Crippen LogP) is 2.09. The zero-order valence-electron chi connectivity index (χ0n) is 13.5. The van der Waals surface area contributed by atoms with Gasteiger partial charge in [-0.15, -0.1) is 11.3 Å². The third-order valence-electron chi connectivity index (χ3n) is 4.01. The summed E-state index contributed by atoms with van der Waals surface area (Å²) in [7, 11) is 1.76. The lowest BCUT2D eigenvalue weighted by molar-refractivity contribution is -0.126. The van der Waals surface area contributed by atoms with Gasteiger partial charge in [0, 0.05) is 43.8 Å². The second kappa shape index (κ2) is 7.44. The molecule has 0 spiro atoms. The summed E-state index contributed by atoms with van der Waals surface area (Å²) in [5.74, 6) is 0.0687. The van der Waals surface area contributed by atoms with Gasteiger partial charge in [0.25, 0.3) is 0 Å². The van der Waals surface area contributed by atoms with Crippen molar-refractivity contribution in [2.24, 2.45) is 0 Å². The van der Waals surface area contributed by atoms with Crippen LogP contribution in [0, 0.1) is 0 Å². The molecule has 2 aromatic heterocycles. The van der Waals surface area contributed by atoms with E-state index in [4.69, 9.17) is 0 Å². The first kappa shape index (κ1) is 16.4. The van der Waals surface area contributed by atoms with Gasteiger partial charge in [-0.25, -0.2) is 4.79 Å². The molecule has 1 atom stereocenters. The lowest BCUT2D eigenvalue weighted by Crippen LogP contribution is -2.45. The molecule has 0 saturated carbocycles. The number of likely N-dealkylation sites (N-methyl/N-ethyl adjacent to an activating group) is 1. The van der Waals surface area contributed by atoms with Crippen molar-refractivity contribution in [3.63, 3.8) is 0 Å². The molecule has 126 valence electrons. The highest BCUT2D eigenvalue weighted by molar-refractivity contribution is 7.09. The molecule has 1 unspecified atom stereocenters. The van der Waals surface area contributed by atoms with Gasteiger partial charge in [-0.05, 0) is 29.1 Å². The molecule has 3 amide bonds. The fourth-order valence-corrected chi connectivity index (χ4v) is 3.44. The van der Waals surface area contributed by atoms with Gasteiger partial charge in [0.2, 0.25) is 5.91 Å². The number of thiophene rings is 1. The van der Waals surface area contributed by atoms with Crippen LogP contribution in [0.4, 0.5) is 4.79 Å². The van der Waals surface area contributed by atoms with Crippen molar-refractivity contribution in [3.8, 4) is 0 Å². The van der Waals surface area contributed by atoms with Gasteiger partial charge < -0.3 is 15.1 Å². The van der Waals surface area contributed by atoms with Gasteiger partial charge in [0.1, 0.15) is 0 Å². The van der Waals surface area contributed by atoms with Crippen molar-refractivity contribution >= 4 is 23.3 Å². The second-order valence-electron chi connectivity index (χ2n) is 5.92. The maximum atomic E-state index is 12.7. The fraction of sp³-hybridized carbons (Fsp3) is 0.353. The molecule has 1 aliphatic heterocycles. The van der Waals surface area contributed by atoms with Gasteiger partial charge in [-0.1, -0.05) is 6.07 Å². The minimum atomic E-state index is -0.145. The monoisotopic (exact) mass is 344 g/mol. The maximum absolute atomic E-state index is 12.7.